The Balaban J connectivity index is 2.34. The van der Waals surface area contributed by atoms with E-state index in [2.05, 4.69) is 10.3 Å². The maximum atomic E-state index is 6.03. The van der Waals surface area contributed by atoms with E-state index < -0.39 is 0 Å². The van der Waals surface area contributed by atoms with Gasteiger partial charge in [0.2, 0.25) is 0 Å². The van der Waals surface area contributed by atoms with E-state index in [0.29, 0.717) is 21.6 Å². The van der Waals surface area contributed by atoms with Gasteiger partial charge in [-0.15, -0.1) is 0 Å². The maximum absolute atomic E-state index is 6.03. The number of benzene rings is 1. The van der Waals surface area contributed by atoms with Crippen molar-refractivity contribution >= 4 is 40.4 Å². The molecule has 0 aliphatic heterocycles. The van der Waals surface area contributed by atoms with Crippen molar-refractivity contribution in [3.05, 3.63) is 46.6 Å². The molecule has 0 saturated carbocycles. The van der Waals surface area contributed by atoms with Gasteiger partial charge in [0, 0.05) is 18.0 Å². The maximum Gasteiger partial charge on any atom is 0.125 e. The predicted molar refractivity (Wildman–Crippen MR) is 68.4 cm³/mol. The summed E-state index contributed by atoms with van der Waals surface area (Å²) in [6.07, 6.45) is 1.61. The molecule has 5 heteroatoms. The lowest BCUT2D eigenvalue weighted by atomic mass is 10.3. The number of para-hydroxylation sites is 1. The number of nitrogens with zero attached hydrogens (tertiary/aromatic N) is 1. The van der Waals surface area contributed by atoms with Gasteiger partial charge < -0.3 is 11.1 Å². The summed E-state index contributed by atoms with van der Waals surface area (Å²) in [5.74, 6) is 0.438. The second-order valence-electron chi connectivity index (χ2n) is 3.19. The fourth-order valence-corrected chi connectivity index (χ4v) is 1.78. The molecule has 1 aromatic heterocycles. The first kappa shape index (κ1) is 11.0. The van der Waals surface area contributed by atoms with Gasteiger partial charge in [-0.1, -0.05) is 29.3 Å². The number of pyridine rings is 1. The summed E-state index contributed by atoms with van der Waals surface area (Å²) in [5.41, 5.74) is 7.03. The zero-order valence-electron chi connectivity index (χ0n) is 8.24. The van der Waals surface area contributed by atoms with Crippen LogP contribution in [0.4, 0.5) is 17.2 Å². The largest absolute Gasteiger partial charge is 0.384 e. The van der Waals surface area contributed by atoms with Gasteiger partial charge in [0.15, 0.2) is 0 Å². The quantitative estimate of drug-likeness (QED) is 0.858. The van der Waals surface area contributed by atoms with Crippen LogP contribution in [0.15, 0.2) is 36.5 Å². The molecule has 0 spiro atoms. The molecular formula is C11H9Cl2N3. The van der Waals surface area contributed by atoms with Crippen LogP contribution >= 0.6 is 23.2 Å². The normalized spacial score (nSPS) is 10.1. The number of nitrogen functional groups attached to an aromatic ring is 1. The number of hydrogen-bond donors (Lipinski definition) is 2. The minimum Gasteiger partial charge on any atom is -0.384 e. The molecular weight excluding hydrogens is 245 g/mol. The van der Waals surface area contributed by atoms with Gasteiger partial charge in [-0.05, 0) is 18.2 Å². The summed E-state index contributed by atoms with van der Waals surface area (Å²) in [4.78, 5) is 3.90. The van der Waals surface area contributed by atoms with Crippen LogP contribution in [0.3, 0.4) is 0 Å². The van der Waals surface area contributed by atoms with Crippen molar-refractivity contribution in [3.63, 3.8) is 0 Å². The van der Waals surface area contributed by atoms with Gasteiger partial charge in [-0.2, -0.15) is 0 Å². The lowest BCUT2D eigenvalue weighted by Crippen LogP contribution is -1.95. The molecule has 82 valence electrons. The Labute approximate surface area is 103 Å². The second kappa shape index (κ2) is 4.60. The molecule has 16 heavy (non-hydrogen) atoms. The summed E-state index contributed by atoms with van der Waals surface area (Å²) < 4.78 is 0. The number of aromatic nitrogens is 1. The van der Waals surface area contributed by atoms with Gasteiger partial charge in [-0.25, -0.2) is 4.98 Å². The smallest absolute Gasteiger partial charge is 0.125 e. The molecule has 3 N–H and O–H groups in total. The Morgan fingerprint density at radius 1 is 1.12 bits per heavy atom. The van der Waals surface area contributed by atoms with E-state index >= 15 is 0 Å². The summed E-state index contributed by atoms with van der Waals surface area (Å²) in [7, 11) is 0. The van der Waals surface area contributed by atoms with Crippen LogP contribution in [0.25, 0.3) is 0 Å². The third-order valence-corrected chi connectivity index (χ3v) is 2.64. The van der Waals surface area contributed by atoms with E-state index in [9.17, 15) is 0 Å². The minimum atomic E-state index is 0.438. The highest BCUT2D eigenvalue weighted by molar-refractivity contribution is 6.39. The third-order valence-electron chi connectivity index (χ3n) is 2.01. The van der Waals surface area contributed by atoms with Gasteiger partial charge >= 0.3 is 0 Å². The highest BCUT2D eigenvalue weighted by atomic mass is 35.5. The highest BCUT2D eigenvalue weighted by Crippen LogP contribution is 2.32. The molecule has 1 aromatic carbocycles. The summed E-state index contributed by atoms with van der Waals surface area (Å²) in [5, 5.41) is 4.21. The molecule has 2 aromatic rings. The standard InChI is InChI=1S/C11H9Cl2N3/c12-8-2-1-3-9(13)11(8)16-7-4-5-15-10(14)6-7/h1-6H,(H3,14,15,16). The molecule has 0 radical (unpaired) electrons. The van der Waals surface area contributed by atoms with Crippen molar-refractivity contribution in [2.45, 2.75) is 0 Å². The summed E-state index contributed by atoms with van der Waals surface area (Å²) >= 11 is 12.1. The monoisotopic (exact) mass is 253 g/mol. The van der Waals surface area contributed by atoms with Crippen molar-refractivity contribution in [2.24, 2.45) is 0 Å². The van der Waals surface area contributed by atoms with Gasteiger partial charge in [0.1, 0.15) is 5.82 Å². The number of nitrogens with two attached hydrogens (primary N) is 1. The predicted octanol–water partition coefficient (Wildman–Crippen LogP) is 3.71. The first-order valence-electron chi connectivity index (χ1n) is 4.59. The third kappa shape index (κ3) is 2.38. The number of halogens is 2. The van der Waals surface area contributed by atoms with Gasteiger partial charge in [-0.3, -0.25) is 0 Å². The van der Waals surface area contributed by atoms with Crippen molar-refractivity contribution in [1.29, 1.82) is 0 Å². The zero-order chi connectivity index (χ0) is 11.5. The van der Waals surface area contributed by atoms with E-state index in [-0.39, 0.29) is 0 Å². The lowest BCUT2D eigenvalue weighted by Gasteiger charge is -2.10. The summed E-state index contributed by atoms with van der Waals surface area (Å²) in [6, 6.07) is 8.81. The van der Waals surface area contributed by atoms with Crippen LogP contribution in [0.5, 0.6) is 0 Å². The van der Waals surface area contributed by atoms with E-state index in [4.69, 9.17) is 28.9 Å². The molecule has 0 bridgehead atoms. The van der Waals surface area contributed by atoms with Crippen LogP contribution in [0.2, 0.25) is 10.0 Å². The lowest BCUT2D eigenvalue weighted by molar-refractivity contribution is 1.33. The summed E-state index contributed by atoms with van der Waals surface area (Å²) in [6.45, 7) is 0. The molecule has 1 heterocycles. The molecule has 0 unspecified atom stereocenters. The van der Waals surface area contributed by atoms with E-state index in [1.165, 1.54) is 0 Å². The van der Waals surface area contributed by atoms with Crippen LogP contribution in [0.1, 0.15) is 0 Å². The van der Waals surface area contributed by atoms with E-state index in [0.717, 1.165) is 5.69 Å². The Hall–Kier alpha value is -1.45. The number of anilines is 3. The van der Waals surface area contributed by atoms with Crippen molar-refractivity contribution in [1.82, 2.24) is 4.98 Å². The zero-order valence-corrected chi connectivity index (χ0v) is 9.76. The fourth-order valence-electron chi connectivity index (χ4n) is 1.29. The van der Waals surface area contributed by atoms with Crippen molar-refractivity contribution in [2.75, 3.05) is 11.1 Å². The van der Waals surface area contributed by atoms with Crippen LogP contribution in [-0.4, -0.2) is 4.98 Å². The fraction of sp³-hybridized carbons (Fsp3) is 0. The Morgan fingerprint density at radius 3 is 2.44 bits per heavy atom. The van der Waals surface area contributed by atoms with Gasteiger partial charge in [0.25, 0.3) is 0 Å². The SMILES string of the molecule is Nc1cc(Nc2c(Cl)cccc2Cl)ccn1. The molecule has 0 fully saturated rings. The van der Waals surface area contributed by atoms with Gasteiger partial charge in [0.05, 0.1) is 15.7 Å². The number of rotatable bonds is 2. The van der Waals surface area contributed by atoms with E-state index in [1.54, 1.807) is 36.5 Å². The highest BCUT2D eigenvalue weighted by Gasteiger charge is 2.05. The second-order valence-corrected chi connectivity index (χ2v) is 4.01. The van der Waals surface area contributed by atoms with Crippen LogP contribution in [0, 0.1) is 0 Å². The van der Waals surface area contributed by atoms with Crippen molar-refractivity contribution < 1.29 is 0 Å². The molecule has 0 saturated heterocycles. The molecule has 0 atom stereocenters. The Morgan fingerprint density at radius 2 is 1.81 bits per heavy atom. The molecule has 0 amide bonds. The Kier molecular flexibility index (Phi) is 3.17. The topological polar surface area (TPSA) is 50.9 Å². The molecule has 2 rings (SSSR count). The number of hydrogen-bond acceptors (Lipinski definition) is 3. The first-order valence-corrected chi connectivity index (χ1v) is 5.35. The number of nitrogens with one attached hydrogen (secondary N) is 1. The first-order chi connectivity index (χ1) is 7.66. The van der Waals surface area contributed by atoms with Crippen molar-refractivity contribution in [3.8, 4) is 0 Å². The average Bonchev–Trinajstić information content (AvgIpc) is 2.24. The molecule has 0 aliphatic carbocycles. The molecule has 3 nitrogen and oxygen atoms in total. The Bertz CT molecular complexity index is 494. The van der Waals surface area contributed by atoms with Crippen LogP contribution < -0.4 is 11.1 Å². The average molecular weight is 254 g/mol. The molecule has 0 aliphatic rings. The van der Waals surface area contributed by atoms with E-state index in [1.807, 2.05) is 0 Å². The minimum absolute atomic E-state index is 0.438. The van der Waals surface area contributed by atoms with Crippen LogP contribution in [-0.2, 0) is 0 Å².